The molecule has 0 aromatic heterocycles. The van der Waals surface area contributed by atoms with Crippen molar-refractivity contribution < 1.29 is 0 Å². The van der Waals surface area contributed by atoms with Crippen molar-refractivity contribution in [2.24, 2.45) is 0 Å². The Morgan fingerprint density at radius 3 is 2.12 bits per heavy atom. The van der Waals surface area contributed by atoms with Gasteiger partial charge in [0.1, 0.15) is 6.04 Å². The van der Waals surface area contributed by atoms with Crippen molar-refractivity contribution in [3.05, 3.63) is 95.6 Å². The lowest BCUT2D eigenvalue weighted by Gasteiger charge is -2.16. The van der Waals surface area contributed by atoms with Gasteiger partial charge in [-0.05, 0) is 45.7 Å². The molecule has 0 saturated carbocycles. The molecule has 4 aromatic rings. The Bertz CT molecular complexity index is 1070. The molecule has 0 heterocycles. The first-order chi connectivity index (χ1) is 12.8. The van der Waals surface area contributed by atoms with Crippen LogP contribution in [0, 0.1) is 18.3 Å². The molecule has 0 aliphatic rings. The molecule has 0 aliphatic heterocycles. The Balaban J connectivity index is 1.75. The van der Waals surface area contributed by atoms with Crippen LogP contribution in [-0.2, 0) is 6.54 Å². The van der Waals surface area contributed by atoms with Crippen LogP contribution in [0.4, 0.5) is 0 Å². The van der Waals surface area contributed by atoms with Gasteiger partial charge in [0.15, 0.2) is 0 Å². The molecule has 1 atom stereocenters. The lowest BCUT2D eigenvalue weighted by atomic mass is 9.96. The monoisotopic (exact) mass is 336 g/mol. The second kappa shape index (κ2) is 7.00. The number of nitrogens with zero attached hydrogens (tertiary/aromatic N) is 1. The minimum atomic E-state index is -0.326. The summed E-state index contributed by atoms with van der Waals surface area (Å²) >= 11 is 0. The lowest BCUT2D eigenvalue weighted by molar-refractivity contribution is 0.634. The minimum absolute atomic E-state index is 0.326. The standard InChI is InChI=1S/C24H20N2/c1-17-7-6-10-20(13-17)24(15-25)26-16-23-21-11-4-2-8-18(21)14-19-9-3-5-12-22(19)23/h2-14,24,26H,16H2,1H3/t24-/m0/s1. The zero-order valence-corrected chi connectivity index (χ0v) is 14.7. The molecular formula is C24H20N2. The third kappa shape index (κ3) is 3.06. The molecule has 2 nitrogen and oxygen atoms in total. The van der Waals surface area contributed by atoms with Crippen LogP contribution >= 0.6 is 0 Å². The van der Waals surface area contributed by atoms with Crippen molar-refractivity contribution in [2.75, 3.05) is 0 Å². The van der Waals surface area contributed by atoms with E-state index < -0.39 is 0 Å². The first-order valence-electron chi connectivity index (χ1n) is 8.85. The number of benzene rings is 4. The van der Waals surface area contributed by atoms with Gasteiger partial charge in [-0.25, -0.2) is 0 Å². The van der Waals surface area contributed by atoms with Crippen molar-refractivity contribution in [2.45, 2.75) is 19.5 Å². The molecule has 1 N–H and O–H groups in total. The zero-order chi connectivity index (χ0) is 17.9. The minimum Gasteiger partial charge on any atom is -0.294 e. The van der Waals surface area contributed by atoms with Crippen molar-refractivity contribution in [1.82, 2.24) is 5.32 Å². The summed E-state index contributed by atoms with van der Waals surface area (Å²) in [5, 5.41) is 18.0. The summed E-state index contributed by atoms with van der Waals surface area (Å²) in [6.07, 6.45) is 0. The second-order valence-electron chi connectivity index (χ2n) is 6.65. The third-order valence-corrected chi connectivity index (χ3v) is 4.87. The van der Waals surface area contributed by atoms with Crippen LogP contribution in [0.15, 0.2) is 78.9 Å². The number of aryl methyl sites for hydroxylation is 1. The Morgan fingerprint density at radius 2 is 1.50 bits per heavy atom. The highest BCUT2D eigenvalue weighted by molar-refractivity contribution is 6.02. The molecule has 4 aromatic carbocycles. The number of hydrogen-bond acceptors (Lipinski definition) is 2. The van der Waals surface area contributed by atoms with Crippen molar-refractivity contribution in [1.29, 1.82) is 5.26 Å². The van der Waals surface area contributed by atoms with E-state index in [2.05, 4.69) is 85.0 Å². The molecule has 0 unspecified atom stereocenters. The van der Waals surface area contributed by atoms with E-state index in [-0.39, 0.29) is 6.04 Å². The summed E-state index contributed by atoms with van der Waals surface area (Å²) in [4.78, 5) is 0. The van der Waals surface area contributed by atoms with E-state index in [1.54, 1.807) is 0 Å². The predicted molar refractivity (Wildman–Crippen MR) is 108 cm³/mol. The molecule has 0 bridgehead atoms. The van der Waals surface area contributed by atoms with E-state index in [0.717, 1.165) is 5.56 Å². The maximum atomic E-state index is 9.66. The van der Waals surface area contributed by atoms with E-state index in [1.807, 2.05) is 12.1 Å². The molecule has 0 amide bonds. The van der Waals surface area contributed by atoms with E-state index in [0.29, 0.717) is 6.54 Å². The topological polar surface area (TPSA) is 35.8 Å². The Hall–Kier alpha value is -3.15. The summed E-state index contributed by atoms with van der Waals surface area (Å²) in [5.41, 5.74) is 3.42. The van der Waals surface area contributed by atoms with Gasteiger partial charge in [0, 0.05) is 6.54 Å². The second-order valence-corrected chi connectivity index (χ2v) is 6.65. The average molecular weight is 336 g/mol. The zero-order valence-electron chi connectivity index (χ0n) is 14.7. The van der Waals surface area contributed by atoms with Crippen LogP contribution < -0.4 is 5.32 Å². The van der Waals surface area contributed by atoms with Gasteiger partial charge in [-0.15, -0.1) is 0 Å². The highest BCUT2D eigenvalue weighted by Gasteiger charge is 2.13. The molecule has 0 fully saturated rings. The summed E-state index contributed by atoms with van der Waals surface area (Å²) in [6.45, 7) is 2.70. The molecule has 26 heavy (non-hydrogen) atoms. The number of fused-ring (bicyclic) bond motifs is 2. The Labute approximate surface area is 153 Å². The predicted octanol–water partition coefficient (Wildman–Crippen LogP) is 5.66. The van der Waals surface area contributed by atoms with Crippen LogP contribution in [0.5, 0.6) is 0 Å². The summed E-state index contributed by atoms with van der Waals surface area (Å²) in [5.74, 6) is 0. The van der Waals surface area contributed by atoms with Gasteiger partial charge >= 0.3 is 0 Å². The van der Waals surface area contributed by atoms with E-state index >= 15 is 0 Å². The maximum Gasteiger partial charge on any atom is 0.121 e. The smallest absolute Gasteiger partial charge is 0.121 e. The lowest BCUT2D eigenvalue weighted by Crippen LogP contribution is -2.20. The van der Waals surface area contributed by atoms with Crippen LogP contribution in [0.3, 0.4) is 0 Å². The number of nitrogens with one attached hydrogen (secondary N) is 1. The van der Waals surface area contributed by atoms with Gasteiger partial charge in [-0.1, -0.05) is 78.4 Å². The molecular weight excluding hydrogens is 316 g/mol. The first-order valence-corrected chi connectivity index (χ1v) is 8.85. The quantitative estimate of drug-likeness (QED) is 0.488. The van der Waals surface area contributed by atoms with Crippen molar-refractivity contribution in [3.8, 4) is 6.07 Å². The van der Waals surface area contributed by atoms with Crippen LogP contribution in [0.25, 0.3) is 21.5 Å². The highest BCUT2D eigenvalue weighted by atomic mass is 14.9. The van der Waals surface area contributed by atoms with Gasteiger partial charge in [0.25, 0.3) is 0 Å². The fourth-order valence-corrected chi connectivity index (χ4v) is 3.59. The fourth-order valence-electron chi connectivity index (χ4n) is 3.59. The first kappa shape index (κ1) is 16.3. The molecule has 0 radical (unpaired) electrons. The number of nitriles is 1. The SMILES string of the molecule is Cc1cccc([C@H](C#N)NCc2c3ccccc3cc3ccccc23)c1. The van der Waals surface area contributed by atoms with E-state index in [9.17, 15) is 5.26 Å². The van der Waals surface area contributed by atoms with Gasteiger partial charge < -0.3 is 0 Å². The number of hydrogen-bond donors (Lipinski definition) is 1. The van der Waals surface area contributed by atoms with Gasteiger partial charge in [-0.2, -0.15) is 5.26 Å². The molecule has 0 aliphatic carbocycles. The van der Waals surface area contributed by atoms with Crippen LogP contribution in [-0.4, -0.2) is 0 Å². The largest absolute Gasteiger partial charge is 0.294 e. The van der Waals surface area contributed by atoms with Crippen LogP contribution in [0.1, 0.15) is 22.7 Å². The summed E-state index contributed by atoms with van der Waals surface area (Å²) in [6, 6.07) is 29.3. The number of rotatable bonds is 4. The third-order valence-electron chi connectivity index (χ3n) is 4.87. The highest BCUT2D eigenvalue weighted by Crippen LogP contribution is 2.29. The summed E-state index contributed by atoms with van der Waals surface area (Å²) in [7, 11) is 0. The van der Waals surface area contributed by atoms with Crippen LogP contribution in [0.2, 0.25) is 0 Å². The van der Waals surface area contributed by atoms with E-state index in [4.69, 9.17) is 0 Å². The van der Waals surface area contributed by atoms with Crippen molar-refractivity contribution >= 4 is 21.5 Å². The maximum absolute atomic E-state index is 9.66. The van der Waals surface area contributed by atoms with E-state index in [1.165, 1.54) is 32.7 Å². The summed E-state index contributed by atoms with van der Waals surface area (Å²) < 4.78 is 0. The average Bonchev–Trinajstić information content (AvgIpc) is 2.68. The fraction of sp³-hybridized carbons (Fsp3) is 0.125. The molecule has 2 heteroatoms. The molecule has 4 rings (SSSR count). The van der Waals surface area contributed by atoms with Gasteiger partial charge in [-0.3, -0.25) is 5.32 Å². The molecule has 126 valence electrons. The Morgan fingerprint density at radius 1 is 0.846 bits per heavy atom. The normalized spacial score (nSPS) is 12.2. The Kier molecular flexibility index (Phi) is 4.39. The molecule has 0 spiro atoms. The van der Waals surface area contributed by atoms with Gasteiger partial charge in [0.05, 0.1) is 6.07 Å². The molecule has 0 saturated heterocycles. The van der Waals surface area contributed by atoms with Crippen molar-refractivity contribution in [3.63, 3.8) is 0 Å². The van der Waals surface area contributed by atoms with Gasteiger partial charge in [0.2, 0.25) is 0 Å².